The van der Waals surface area contributed by atoms with Gasteiger partial charge < -0.3 is 19.7 Å². The molecule has 0 bridgehead atoms. The molecule has 0 aromatic carbocycles. The van der Waals surface area contributed by atoms with Gasteiger partial charge in [0, 0.05) is 39.0 Å². The maximum absolute atomic E-state index is 5.46. The minimum Gasteiger partial charge on any atom is -0.380 e. The summed E-state index contributed by atoms with van der Waals surface area (Å²) in [6.45, 7) is 12.5. The average molecular weight is 295 g/mol. The van der Waals surface area contributed by atoms with Gasteiger partial charge in [0.05, 0.1) is 13.2 Å². The highest BCUT2D eigenvalue weighted by Crippen LogP contribution is 2.12. The summed E-state index contributed by atoms with van der Waals surface area (Å²) in [6, 6.07) is 4.19. The number of aromatic nitrogens is 1. The summed E-state index contributed by atoms with van der Waals surface area (Å²) in [7, 11) is 0. The van der Waals surface area contributed by atoms with Crippen LogP contribution in [0.25, 0.3) is 0 Å². The highest BCUT2D eigenvalue weighted by atomic mass is 16.5. The Hall–Kier alpha value is -1.17. The van der Waals surface area contributed by atoms with E-state index in [1.165, 1.54) is 5.56 Å². The fourth-order valence-corrected chi connectivity index (χ4v) is 1.99. The molecule has 0 saturated carbocycles. The van der Waals surface area contributed by atoms with Crippen molar-refractivity contribution in [3.63, 3.8) is 0 Å². The van der Waals surface area contributed by atoms with Gasteiger partial charge in [0.1, 0.15) is 5.82 Å². The molecule has 1 heterocycles. The Morgan fingerprint density at radius 1 is 1.10 bits per heavy atom. The molecule has 1 rings (SSSR count). The maximum Gasteiger partial charge on any atom is 0.128 e. The summed E-state index contributed by atoms with van der Waals surface area (Å²) in [5.74, 6) is 0.991. The van der Waals surface area contributed by atoms with Gasteiger partial charge in [0.15, 0.2) is 0 Å². The van der Waals surface area contributed by atoms with E-state index in [1.807, 2.05) is 20.0 Å². The van der Waals surface area contributed by atoms with Crippen molar-refractivity contribution in [2.24, 2.45) is 0 Å². The molecule has 0 radical (unpaired) electrons. The van der Waals surface area contributed by atoms with Crippen molar-refractivity contribution in [3.05, 3.63) is 23.9 Å². The first-order chi connectivity index (χ1) is 10.3. The van der Waals surface area contributed by atoms with Crippen molar-refractivity contribution in [1.29, 1.82) is 0 Å². The second-order valence-corrected chi connectivity index (χ2v) is 4.68. The number of ether oxygens (including phenoxy) is 2. The topological polar surface area (TPSA) is 46.6 Å². The zero-order chi connectivity index (χ0) is 15.3. The first-order valence-electron chi connectivity index (χ1n) is 7.87. The first kappa shape index (κ1) is 17.9. The molecule has 0 unspecified atom stereocenters. The summed E-state index contributed by atoms with van der Waals surface area (Å²) >= 11 is 0. The van der Waals surface area contributed by atoms with Crippen LogP contribution in [0.2, 0.25) is 0 Å². The standard InChI is InChI=1S/C16H29N3O2/c1-4-17-14-15-7-8-18-16(13-15)19(9-11-20-5-2)10-12-21-6-3/h7-8,13,17H,4-6,9-12,14H2,1-3H3. The summed E-state index contributed by atoms with van der Waals surface area (Å²) < 4.78 is 10.9. The van der Waals surface area contributed by atoms with Gasteiger partial charge in [0.25, 0.3) is 0 Å². The van der Waals surface area contributed by atoms with Crippen molar-refractivity contribution in [3.8, 4) is 0 Å². The van der Waals surface area contributed by atoms with E-state index in [0.717, 1.165) is 45.2 Å². The zero-order valence-electron chi connectivity index (χ0n) is 13.6. The number of pyridine rings is 1. The Morgan fingerprint density at radius 2 is 1.76 bits per heavy atom. The molecule has 5 nitrogen and oxygen atoms in total. The van der Waals surface area contributed by atoms with E-state index in [-0.39, 0.29) is 0 Å². The Balaban J connectivity index is 2.65. The Kier molecular flexibility index (Phi) is 9.78. The summed E-state index contributed by atoms with van der Waals surface area (Å²) in [4.78, 5) is 6.72. The molecule has 0 amide bonds. The quantitative estimate of drug-likeness (QED) is 0.598. The lowest BCUT2D eigenvalue weighted by molar-refractivity contribution is 0.141. The SMILES string of the molecule is CCNCc1ccnc(N(CCOCC)CCOCC)c1. The second-order valence-electron chi connectivity index (χ2n) is 4.68. The van der Waals surface area contributed by atoms with Crippen LogP contribution < -0.4 is 10.2 Å². The molecular weight excluding hydrogens is 266 g/mol. The van der Waals surface area contributed by atoms with Crippen LogP contribution in [0.3, 0.4) is 0 Å². The maximum atomic E-state index is 5.46. The number of hydrogen-bond acceptors (Lipinski definition) is 5. The van der Waals surface area contributed by atoms with Crippen molar-refractivity contribution in [2.75, 3.05) is 51.0 Å². The van der Waals surface area contributed by atoms with Crippen LogP contribution in [0.1, 0.15) is 26.3 Å². The Bertz CT molecular complexity index is 364. The molecule has 0 fully saturated rings. The van der Waals surface area contributed by atoms with E-state index < -0.39 is 0 Å². The molecule has 120 valence electrons. The van der Waals surface area contributed by atoms with Gasteiger partial charge in [-0.1, -0.05) is 6.92 Å². The van der Waals surface area contributed by atoms with Crippen LogP contribution in [0.5, 0.6) is 0 Å². The zero-order valence-corrected chi connectivity index (χ0v) is 13.6. The predicted molar refractivity (Wildman–Crippen MR) is 86.8 cm³/mol. The fraction of sp³-hybridized carbons (Fsp3) is 0.688. The number of nitrogens with one attached hydrogen (secondary N) is 1. The highest BCUT2D eigenvalue weighted by molar-refractivity contribution is 5.41. The number of rotatable bonds is 12. The van der Waals surface area contributed by atoms with Gasteiger partial charge in [-0.2, -0.15) is 0 Å². The largest absolute Gasteiger partial charge is 0.380 e. The molecule has 1 aromatic heterocycles. The van der Waals surface area contributed by atoms with Crippen LogP contribution in [0.4, 0.5) is 5.82 Å². The lowest BCUT2D eigenvalue weighted by atomic mass is 10.2. The van der Waals surface area contributed by atoms with Gasteiger partial charge in [-0.05, 0) is 38.1 Å². The Morgan fingerprint density at radius 3 is 2.33 bits per heavy atom. The number of anilines is 1. The van der Waals surface area contributed by atoms with Gasteiger partial charge in [0.2, 0.25) is 0 Å². The average Bonchev–Trinajstić information content (AvgIpc) is 2.52. The molecule has 21 heavy (non-hydrogen) atoms. The van der Waals surface area contributed by atoms with E-state index >= 15 is 0 Å². The number of nitrogens with zero attached hydrogens (tertiary/aromatic N) is 2. The van der Waals surface area contributed by atoms with E-state index in [4.69, 9.17) is 9.47 Å². The lowest BCUT2D eigenvalue weighted by Crippen LogP contribution is -2.32. The van der Waals surface area contributed by atoms with Crippen LogP contribution >= 0.6 is 0 Å². The molecule has 0 saturated heterocycles. The third-order valence-electron chi connectivity index (χ3n) is 3.13. The molecule has 1 N–H and O–H groups in total. The first-order valence-corrected chi connectivity index (χ1v) is 7.87. The van der Waals surface area contributed by atoms with Crippen molar-refractivity contribution in [2.45, 2.75) is 27.3 Å². The van der Waals surface area contributed by atoms with Gasteiger partial charge in [-0.3, -0.25) is 0 Å². The normalized spacial score (nSPS) is 10.8. The van der Waals surface area contributed by atoms with Crippen molar-refractivity contribution in [1.82, 2.24) is 10.3 Å². The monoisotopic (exact) mass is 295 g/mol. The molecular formula is C16H29N3O2. The van der Waals surface area contributed by atoms with Gasteiger partial charge >= 0.3 is 0 Å². The Labute approximate surface area is 128 Å². The van der Waals surface area contributed by atoms with E-state index in [0.29, 0.717) is 13.2 Å². The smallest absolute Gasteiger partial charge is 0.128 e. The molecule has 0 spiro atoms. The summed E-state index contributed by atoms with van der Waals surface area (Å²) in [5, 5.41) is 3.34. The summed E-state index contributed by atoms with van der Waals surface area (Å²) in [5.41, 5.74) is 1.25. The second kappa shape index (κ2) is 11.5. The molecule has 0 aliphatic carbocycles. The van der Waals surface area contributed by atoms with Crippen LogP contribution in [0.15, 0.2) is 18.3 Å². The number of hydrogen-bond donors (Lipinski definition) is 1. The summed E-state index contributed by atoms with van der Waals surface area (Å²) in [6.07, 6.45) is 1.87. The van der Waals surface area contributed by atoms with Gasteiger partial charge in [-0.15, -0.1) is 0 Å². The molecule has 5 heteroatoms. The van der Waals surface area contributed by atoms with E-state index in [9.17, 15) is 0 Å². The van der Waals surface area contributed by atoms with Crippen LogP contribution in [0, 0.1) is 0 Å². The van der Waals surface area contributed by atoms with Crippen molar-refractivity contribution >= 4 is 5.82 Å². The fourth-order valence-electron chi connectivity index (χ4n) is 1.99. The molecule has 1 aromatic rings. The predicted octanol–water partition coefficient (Wildman–Crippen LogP) is 2.07. The highest BCUT2D eigenvalue weighted by Gasteiger charge is 2.08. The van der Waals surface area contributed by atoms with Crippen LogP contribution in [-0.4, -0.2) is 51.0 Å². The van der Waals surface area contributed by atoms with Gasteiger partial charge in [-0.25, -0.2) is 4.98 Å². The third kappa shape index (κ3) is 7.41. The molecule has 0 atom stereocenters. The van der Waals surface area contributed by atoms with Crippen LogP contribution in [-0.2, 0) is 16.0 Å². The molecule has 0 aliphatic rings. The minimum atomic E-state index is 0.710. The van der Waals surface area contributed by atoms with E-state index in [1.54, 1.807) is 0 Å². The third-order valence-corrected chi connectivity index (χ3v) is 3.13. The minimum absolute atomic E-state index is 0.710. The van der Waals surface area contributed by atoms with Crippen molar-refractivity contribution < 1.29 is 9.47 Å². The lowest BCUT2D eigenvalue weighted by Gasteiger charge is -2.24. The molecule has 0 aliphatic heterocycles. The van der Waals surface area contributed by atoms with E-state index in [2.05, 4.69) is 34.3 Å².